The standard InChI is InChI=1S/C13H16N2O2/c1-4-12(16)14-10-7-6-9(3)11(8-10)15-13(17)5-2/h5-8H,2,4H2,1,3H3,(H,14,16)(H,15,17). The van der Waals surface area contributed by atoms with Crippen LogP contribution in [0.15, 0.2) is 30.9 Å². The lowest BCUT2D eigenvalue weighted by Gasteiger charge is -2.10. The van der Waals surface area contributed by atoms with Crippen LogP contribution < -0.4 is 10.6 Å². The van der Waals surface area contributed by atoms with Crippen LogP contribution in [0.2, 0.25) is 0 Å². The molecule has 17 heavy (non-hydrogen) atoms. The highest BCUT2D eigenvalue weighted by Crippen LogP contribution is 2.20. The van der Waals surface area contributed by atoms with Crippen LogP contribution >= 0.6 is 0 Å². The van der Waals surface area contributed by atoms with E-state index < -0.39 is 0 Å². The Labute approximate surface area is 101 Å². The molecule has 0 aromatic heterocycles. The number of hydrogen-bond acceptors (Lipinski definition) is 2. The second-order valence-electron chi connectivity index (χ2n) is 3.62. The molecule has 0 fully saturated rings. The predicted octanol–water partition coefficient (Wildman–Crippen LogP) is 2.47. The average molecular weight is 232 g/mol. The first-order valence-electron chi connectivity index (χ1n) is 5.40. The molecular weight excluding hydrogens is 216 g/mol. The second kappa shape index (κ2) is 5.84. The van der Waals surface area contributed by atoms with Crippen LogP contribution in [0.25, 0.3) is 0 Å². The molecule has 0 unspecified atom stereocenters. The van der Waals surface area contributed by atoms with Gasteiger partial charge in [-0.05, 0) is 30.7 Å². The molecule has 1 aromatic rings. The largest absolute Gasteiger partial charge is 0.326 e. The van der Waals surface area contributed by atoms with Crippen molar-refractivity contribution in [3.63, 3.8) is 0 Å². The van der Waals surface area contributed by atoms with Crippen LogP contribution in [0.4, 0.5) is 11.4 Å². The van der Waals surface area contributed by atoms with Crippen molar-refractivity contribution in [3.05, 3.63) is 36.4 Å². The van der Waals surface area contributed by atoms with E-state index in [0.29, 0.717) is 17.8 Å². The zero-order chi connectivity index (χ0) is 12.8. The number of aryl methyl sites for hydroxylation is 1. The van der Waals surface area contributed by atoms with Gasteiger partial charge in [0.2, 0.25) is 11.8 Å². The number of hydrogen-bond donors (Lipinski definition) is 2. The zero-order valence-electron chi connectivity index (χ0n) is 10.0. The van der Waals surface area contributed by atoms with Crippen molar-refractivity contribution in [1.29, 1.82) is 0 Å². The summed E-state index contributed by atoms with van der Waals surface area (Å²) in [5.41, 5.74) is 2.26. The Bertz CT molecular complexity index is 453. The highest BCUT2D eigenvalue weighted by molar-refractivity contribution is 6.00. The molecule has 1 aromatic carbocycles. The van der Waals surface area contributed by atoms with Gasteiger partial charge in [-0.15, -0.1) is 0 Å². The molecule has 0 radical (unpaired) electrons. The fraction of sp³-hybridized carbons (Fsp3) is 0.231. The van der Waals surface area contributed by atoms with E-state index in [4.69, 9.17) is 0 Å². The molecule has 0 heterocycles. The minimum atomic E-state index is -0.271. The van der Waals surface area contributed by atoms with Crippen molar-refractivity contribution < 1.29 is 9.59 Å². The summed E-state index contributed by atoms with van der Waals surface area (Å²) < 4.78 is 0. The van der Waals surface area contributed by atoms with E-state index in [1.807, 2.05) is 13.0 Å². The third-order valence-electron chi connectivity index (χ3n) is 2.29. The minimum Gasteiger partial charge on any atom is -0.326 e. The van der Waals surface area contributed by atoms with Gasteiger partial charge in [-0.2, -0.15) is 0 Å². The highest BCUT2D eigenvalue weighted by Gasteiger charge is 2.04. The molecule has 90 valence electrons. The van der Waals surface area contributed by atoms with Gasteiger partial charge in [-0.1, -0.05) is 19.6 Å². The summed E-state index contributed by atoms with van der Waals surface area (Å²) in [6, 6.07) is 5.36. The Kier molecular flexibility index (Phi) is 4.46. The van der Waals surface area contributed by atoms with Crippen molar-refractivity contribution >= 4 is 23.2 Å². The summed E-state index contributed by atoms with van der Waals surface area (Å²) in [6.07, 6.45) is 1.62. The molecule has 0 saturated carbocycles. The van der Waals surface area contributed by atoms with Crippen LogP contribution in [0, 0.1) is 6.92 Å². The number of anilines is 2. The van der Waals surface area contributed by atoms with Gasteiger partial charge in [-0.25, -0.2) is 0 Å². The molecule has 0 aliphatic rings. The van der Waals surface area contributed by atoms with Crippen LogP contribution in [-0.2, 0) is 9.59 Å². The molecule has 4 nitrogen and oxygen atoms in total. The highest BCUT2D eigenvalue weighted by atomic mass is 16.2. The van der Waals surface area contributed by atoms with Gasteiger partial charge in [0, 0.05) is 17.8 Å². The summed E-state index contributed by atoms with van der Waals surface area (Å²) in [6.45, 7) is 7.05. The lowest BCUT2D eigenvalue weighted by atomic mass is 10.1. The summed E-state index contributed by atoms with van der Waals surface area (Å²) in [4.78, 5) is 22.4. The lowest BCUT2D eigenvalue weighted by Crippen LogP contribution is -2.12. The molecule has 2 amide bonds. The third-order valence-corrected chi connectivity index (χ3v) is 2.29. The fourth-order valence-corrected chi connectivity index (χ4v) is 1.27. The first-order valence-corrected chi connectivity index (χ1v) is 5.40. The van der Waals surface area contributed by atoms with Crippen LogP contribution in [-0.4, -0.2) is 11.8 Å². The summed E-state index contributed by atoms with van der Waals surface area (Å²) >= 11 is 0. The molecule has 1 rings (SSSR count). The molecule has 2 N–H and O–H groups in total. The van der Waals surface area contributed by atoms with Crippen LogP contribution in [0.1, 0.15) is 18.9 Å². The lowest BCUT2D eigenvalue weighted by molar-refractivity contribution is -0.116. The Balaban J connectivity index is 2.89. The maximum atomic E-state index is 11.2. The Hall–Kier alpha value is -2.10. The maximum absolute atomic E-state index is 11.2. The molecular formula is C13H16N2O2. The number of rotatable bonds is 4. The third kappa shape index (κ3) is 3.75. The molecule has 0 saturated heterocycles. The Morgan fingerprint density at radius 2 is 2.06 bits per heavy atom. The van der Waals surface area contributed by atoms with E-state index in [9.17, 15) is 9.59 Å². The molecule has 0 atom stereocenters. The van der Waals surface area contributed by atoms with E-state index >= 15 is 0 Å². The smallest absolute Gasteiger partial charge is 0.247 e. The van der Waals surface area contributed by atoms with Crippen molar-refractivity contribution in [1.82, 2.24) is 0 Å². The van der Waals surface area contributed by atoms with Crippen molar-refractivity contribution in [2.75, 3.05) is 10.6 Å². The van der Waals surface area contributed by atoms with Gasteiger partial charge in [0.25, 0.3) is 0 Å². The number of carbonyl (C=O) groups is 2. The summed E-state index contributed by atoms with van der Waals surface area (Å²) in [7, 11) is 0. The molecule has 0 bridgehead atoms. The van der Waals surface area contributed by atoms with Gasteiger partial charge >= 0.3 is 0 Å². The maximum Gasteiger partial charge on any atom is 0.247 e. The normalized spacial score (nSPS) is 9.53. The first kappa shape index (κ1) is 13.0. The molecule has 4 heteroatoms. The van der Waals surface area contributed by atoms with Crippen molar-refractivity contribution in [2.45, 2.75) is 20.3 Å². The average Bonchev–Trinajstić information content (AvgIpc) is 2.33. The van der Waals surface area contributed by atoms with Gasteiger partial charge < -0.3 is 10.6 Å². The quantitative estimate of drug-likeness (QED) is 0.783. The second-order valence-corrected chi connectivity index (χ2v) is 3.62. The molecule has 0 aliphatic heterocycles. The first-order chi connectivity index (χ1) is 8.06. The SMILES string of the molecule is C=CC(=O)Nc1cc(NC(=O)CC)ccc1C. The van der Waals surface area contributed by atoms with Crippen molar-refractivity contribution in [2.24, 2.45) is 0 Å². The minimum absolute atomic E-state index is 0.0603. The topological polar surface area (TPSA) is 58.2 Å². The summed E-state index contributed by atoms with van der Waals surface area (Å²) in [5, 5.41) is 5.42. The van der Waals surface area contributed by atoms with Gasteiger partial charge in [-0.3, -0.25) is 9.59 Å². The van der Waals surface area contributed by atoms with E-state index in [-0.39, 0.29) is 11.8 Å². The Morgan fingerprint density at radius 1 is 1.35 bits per heavy atom. The van der Waals surface area contributed by atoms with Crippen LogP contribution in [0.3, 0.4) is 0 Å². The monoisotopic (exact) mass is 232 g/mol. The molecule has 0 aliphatic carbocycles. The zero-order valence-corrected chi connectivity index (χ0v) is 10.0. The number of carbonyl (C=O) groups excluding carboxylic acids is 2. The van der Waals surface area contributed by atoms with Gasteiger partial charge in [0.15, 0.2) is 0 Å². The van der Waals surface area contributed by atoms with E-state index in [1.54, 1.807) is 19.1 Å². The van der Waals surface area contributed by atoms with Gasteiger partial charge in [0.05, 0.1) is 0 Å². The number of benzene rings is 1. The predicted molar refractivity (Wildman–Crippen MR) is 68.9 cm³/mol. The van der Waals surface area contributed by atoms with Crippen molar-refractivity contribution in [3.8, 4) is 0 Å². The van der Waals surface area contributed by atoms with Gasteiger partial charge in [0.1, 0.15) is 0 Å². The van der Waals surface area contributed by atoms with E-state index in [0.717, 1.165) is 5.56 Å². The number of amides is 2. The Morgan fingerprint density at radius 3 is 2.65 bits per heavy atom. The molecule has 0 spiro atoms. The van der Waals surface area contributed by atoms with E-state index in [1.165, 1.54) is 6.08 Å². The van der Waals surface area contributed by atoms with Crippen LogP contribution in [0.5, 0.6) is 0 Å². The summed E-state index contributed by atoms with van der Waals surface area (Å²) in [5.74, 6) is -0.332. The number of nitrogens with one attached hydrogen (secondary N) is 2. The fourth-order valence-electron chi connectivity index (χ4n) is 1.27. The van der Waals surface area contributed by atoms with E-state index in [2.05, 4.69) is 17.2 Å².